The molecule has 2 aliphatic heterocycles. The first-order valence-electron chi connectivity index (χ1n) is 5.57. The highest BCUT2D eigenvalue weighted by molar-refractivity contribution is 4.88. The first-order valence-corrected chi connectivity index (χ1v) is 5.57. The summed E-state index contributed by atoms with van der Waals surface area (Å²) in [5.74, 6) is 0. The van der Waals surface area contributed by atoms with Gasteiger partial charge in [-0.3, -0.25) is 4.90 Å². The summed E-state index contributed by atoms with van der Waals surface area (Å²) in [4.78, 5) is 2.65. The summed E-state index contributed by atoms with van der Waals surface area (Å²) >= 11 is 0. The summed E-state index contributed by atoms with van der Waals surface area (Å²) in [5, 5.41) is 3.60. The van der Waals surface area contributed by atoms with Gasteiger partial charge in [-0.1, -0.05) is 6.42 Å². The predicted molar refractivity (Wildman–Crippen MR) is 54.7 cm³/mol. The van der Waals surface area contributed by atoms with Gasteiger partial charge in [-0.15, -0.1) is 0 Å². The van der Waals surface area contributed by atoms with Gasteiger partial charge in [-0.05, 0) is 32.4 Å². The Hall–Kier alpha value is -0.120. The number of hydrogen-bond donors (Lipinski definition) is 2. The van der Waals surface area contributed by atoms with E-state index in [0.29, 0.717) is 6.04 Å². The van der Waals surface area contributed by atoms with Gasteiger partial charge in [-0.25, -0.2) is 0 Å². The zero-order valence-corrected chi connectivity index (χ0v) is 8.34. The van der Waals surface area contributed by atoms with Crippen molar-refractivity contribution >= 4 is 0 Å². The number of nitrogens with zero attached hydrogens (tertiary/aromatic N) is 1. The molecule has 0 saturated carbocycles. The number of piperidine rings is 1. The van der Waals surface area contributed by atoms with E-state index in [1.807, 2.05) is 0 Å². The molecule has 0 spiro atoms. The molecular formula is C10H21N3. The van der Waals surface area contributed by atoms with Crippen molar-refractivity contribution in [1.82, 2.24) is 10.2 Å². The van der Waals surface area contributed by atoms with Crippen molar-refractivity contribution in [3.05, 3.63) is 0 Å². The molecular weight excluding hydrogens is 162 g/mol. The van der Waals surface area contributed by atoms with Gasteiger partial charge >= 0.3 is 0 Å². The van der Waals surface area contributed by atoms with Gasteiger partial charge in [0.1, 0.15) is 0 Å². The zero-order valence-electron chi connectivity index (χ0n) is 8.34. The second-order valence-electron chi connectivity index (χ2n) is 4.33. The molecule has 76 valence electrons. The maximum absolute atomic E-state index is 5.57. The average molecular weight is 183 g/mol. The van der Waals surface area contributed by atoms with Gasteiger partial charge in [0.05, 0.1) is 0 Å². The minimum absolute atomic E-state index is 0.652. The zero-order chi connectivity index (χ0) is 9.10. The van der Waals surface area contributed by atoms with Crippen LogP contribution in [0.4, 0.5) is 0 Å². The van der Waals surface area contributed by atoms with Crippen LogP contribution in [0.2, 0.25) is 0 Å². The summed E-state index contributed by atoms with van der Waals surface area (Å²) in [6.45, 7) is 4.54. The first kappa shape index (κ1) is 9.44. The molecule has 0 aromatic heterocycles. The summed E-state index contributed by atoms with van der Waals surface area (Å²) in [7, 11) is 0. The summed E-state index contributed by atoms with van der Waals surface area (Å²) < 4.78 is 0. The Morgan fingerprint density at radius 2 is 2.31 bits per heavy atom. The molecule has 0 aliphatic carbocycles. The van der Waals surface area contributed by atoms with Crippen molar-refractivity contribution in [1.29, 1.82) is 0 Å². The Morgan fingerprint density at radius 1 is 1.38 bits per heavy atom. The van der Waals surface area contributed by atoms with Crippen molar-refractivity contribution in [2.75, 3.05) is 26.2 Å². The van der Waals surface area contributed by atoms with Gasteiger partial charge < -0.3 is 11.1 Å². The topological polar surface area (TPSA) is 41.3 Å². The fraction of sp³-hybridized carbons (Fsp3) is 1.00. The van der Waals surface area contributed by atoms with Crippen molar-refractivity contribution < 1.29 is 0 Å². The molecule has 3 heteroatoms. The van der Waals surface area contributed by atoms with Crippen LogP contribution in [0.25, 0.3) is 0 Å². The quantitative estimate of drug-likeness (QED) is 0.641. The van der Waals surface area contributed by atoms with Crippen LogP contribution in [-0.4, -0.2) is 43.2 Å². The number of nitrogens with two attached hydrogens (primary N) is 1. The van der Waals surface area contributed by atoms with Crippen LogP contribution in [0.15, 0.2) is 0 Å². The van der Waals surface area contributed by atoms with Gasteiger partial charge in [0.25, 0.3) is 0 Å². The summed E-state index contributed by atoms with van der Waals surface area (Å²) in [5.41, 5.74) is 5.57. The van der Waals surface area contributed by atoms with E-state index in [2.05, 4.69) is 10.2 Å². The summed E-state index contributed by atoms with van der Waals surface area (Å²) in [6.07, 6.45) is 5.34. The molecule has 2 unspecified atom stereocenters. The smallest absolute Gasteiger partial charge is 0.0221 e. The predicted octanol–water partition coefficient (Wildman–Crippen LogP) is 0.162. The Morgan fingerprint density at radius 3 is 3.15 bits per heavy atom. The molecule has 2 saturated heterocycles. The Balaban J connectivity index is 1.84. The molecule has 0 bridgehead atoms. The minimum atomic E-state index is 0.652. The number of nitrogens with one attached hydrogen (secondary N) is 1. The normalized spacial score (nSPS) is 35.8. The highest BCUT2D eigenvalue weighted by Crippen LogP contribution is 2.19. The van der Waals surface area contributed by atoms with Crippen LogP contribution in [-0.2, 0) is 0 Å². The van der Waals surface area contributed by atoms with Crippen LogP contribution in [0.3, 0.4) is 0 Å². The van der Waals surface area contributed by atoms with Gasteiger partial charge in [0.15, 0.2) is 0 Å². The van der Waals surface area contributed by atoms with Crippen LogP contribution < -0.4 is 11.1 Å². The number of fused-ring (bicyclic) bond motifs is 1. The molecule has 3 nitrogen and oxygen atoms in total. The van der Waals surface area contributed by atoms with E-state index >= 15 is 0 Å². The lowest BCUT2D eigenvalue weighted by Gasteiger charge is -2.43. The van der Waals surface area contributed by atoms with Crippen molar-refractivity contribution in [3.8, 4) is 0 Å². The van der Waals surface area contributed by atoms with Crippen molar-refractivity contribution in [3.63, 3.8) is 0 Å². The third kappa shape index (κ3) is 2.22. The molecule has 2 heterocycles. The molecule has 2 rings (SSSR count). The third-order valence-electron chi connectivity index (χ3n) is 3.36. The van der Waals surface area contributed by atoms with E-state index in [0.717, 1.165) is 19.0 Å². The van der Waals surface area contributed by atoms with E-state index in [-0.39, 0.29) is 0 Å². The molecule has 0 aromatic carbocycles. The maximum Gasteiger partial charge on any atom is 0.0221 e. The van der Waals surface area contributed by atoms with Gasteiger partial charge in [0.2, 0.25) is 0 Å². The van der Waals surface area contributed by atoms with Crippen LogP contribution >= 0.6 is 0 Å². The lowest BCUT2D eigenvalue weighted by Crippen LogP contribution is -2.58. The fourth-order valence-corrected chi connectivity index (χ4v) is 2.58. The maximum atomic E-state index is 5.57. The monoisotopic (exact) mass is 183 g/mol. The van der Waals surface area contributed by atoms with Crippen LogP contribution in [0.1, 0.15) is 25.7 Å². The largest absolute Gasteiger partial charge is 0.330 e. The van der Waals surface area contributed by atoms with Gasteiger partial charge in [0, 0.05) is 25.2 Å². The first-order chi connectivity index (χ1) is 6.40. The van der Waals surface area contributed by atoms with E-state index < -0.39 is 0 Å². The average Bonchev–Trinajstić information content (AvgIpc) is 2.18. The number of piperazine rings is 1. The molecule has 2 fully saturated rings. The Kier molecular flexibility index (Phi) is 3.19. The van der Waals surface area contributed by atoms with E-state index in [4.69, 9.17) is 5.73 Å². The molecule has 0 aromatic rings. The second-order valence-corrected chi connectivity index (χ2v) is 4.33. The molecule has 13 heavy (non-hydrogen) atoms. The van der Waals surface area contributed by atoms with Crippen molar-refractivity contribution in [2.45, 2.75) is 37.8 Å². The Labute approximate surface area is 80.7 Å². The van der Waals surface area contributed by atoms with E-state index in [1.165, 1.54) is 38.9 Å². The minimum Gasteiger partial charge on any atom is -0.330 e. The van der Waals surface area contributed by atoms with E-state index in [1.54, 1.807) is 0 Å². The number of hydrogen-bond acceptors (Lipinski definition) is 3. The molecule has 0 radical (unpaired) electrons. The summed E-state index contributed by atoms with van der Waals surface area (Å²) in [6, 6.07) is 1.47. The number of rotatable bonds is 2. The lowest BCUT2D eigenvalue weighted by molar-refractivity contribution is 0.0933. The van der Waals surface area contributed by atoms with Crippen LogP contribution in [0, 0.1) is 0 Å². The SMILES string of the molecule is NCCC1CN2CCCCC2CN1. The van der Waals surface area contributed by atoms with Gasteiger partial charge in [-0.2, -0.15) is 0 Å². The fourth-order valence-electron chi connectivity index (χ4n) is 2.58. The molecule has 0 amide bonds. The van der Waals surface area contributed by atoms with Crippen LogP contribution in [0.5, 0.6) is 0 Å². The molecule has 3 N–H and O–H groups in total. The highest BCUT2D eigenvalue weighted by atomic mass is 15.2. The van der Waals surface area contributed by atoms with Crippen molar-refractivity contribution in [2.24, 2.45) is 5.73 Å². The molecule has 2 atom stereocenters. The molecule has 2 aliphatic rings. The highest BCUT2D eigenvalue weighted by Gasteiger charge is 2.28. The lowest BCUT2D eigenvalue weighted by atomic mass is 9.97. The standard InChI is InChI=1S/C10H21N3/c11-5-4-9-8-13-6-2-1-3-10(13)7-12-9/h9-10,12H,1-8,11H2. The van der Waals surface area contributed by atoms with E-state index in [9.17, 15) is 0 Å². The third-order valence-corrected chi connectivity index (χ3v) is 3.36. The second kappa shape index (κ2) is 4.40. The Bertz CT molecular complexity index is 160.